The van der Waals surface area contributed by atoms with Gasteiger partial charge in [0.15, 0.2) is 0 Å². The summed E-state index contributed by atoms with van der Waals surface area (Å²) < 4.78 is 0. The summed E-state index contributed by atoms with van der Waals surface area (Å²) in [5.41, 5.74) is 1.12. The summed E-state index contributed by atoms with van der Waals surface area (Å²) in [6.07, 6.45) is 2.12. The fourth-order valence-corrected chi connectivity index (χ4v) is 2.75. The average molecular weight is 267 g/mol. The van der Waals surface area contributed by atoms with Gasteiger partial charge in [0.2, 0.25) is 0 Å². The molecule has 0 radical (unpaired) electrons. The van der Waals surface area contributed by atoms with Gasteiger partial charge in [-0.15, -0.1) is 11.8 Å². The Labute approximate surface area is 113 Å². The molecule has 4 heteroatoms. The van der Waals surface area contributed by atoms with Gasteiger partial charge in [-0.2, -0.15) is 0 Å². The maximum Gasteiger partial charge on any atom is 0.338 e. The van der Waals surface area contributed by atoms with Crippen molar-refractivity contribution >= 4 is 23.4 Å². The largest absolute Gasteiger partial charge is 0.478 e. The fraction of sp³-hybridized carbons (Fsp3) is 0.500. The number of thioether (sulfide) groups is 1. The van der Waals surface area contributed by atoms with E-state index in [1.54, 1.807) is 11.8 Å². The van der Waals surface area contributed by atoms with Gasteiger partial charge < -0.3 is 10.4 Å². The van der Waals surface area contributed by atoms with Crippen LogP contribution in [0.1, 0.15) is 44.0 Å². The summed E-state index contributed by atoms with van der Waals surface area (Å²) in [5.74, 6) is 0.00610. The summed E-state index contributed by atoms with van der Waals surface area (Å²) in [5, 5.41) is 12.7. The number of benzene rings is 1. The van der Waals surface area contributed by atoms with Crippen LogP contribution in [0.15, 0.2) is 23.1 Å². The minimum atomic E-state index is -0.863. The van der Waals surface area contributed by atoms with Crippen molar-refractivity contribution in [2.75, 3.05) is 11.1 Å². The second-order valence-corrected chi connectivity index (χ2v) is 5.56. The Morgan fingerprint density at radius 2 is 2.17 bits per heavy atom. The highest BCUT2D eigenvalue weighted by Gasteiger charge is 2.16. The third kappa shape index (κ3) is 3.95. The number of carboxylic acids is 1. The topological polar surface area (TPSA) is 49.3 Å². The number of carbonyl (C=O) groups is 1. The zero-order valence-electron chi connectivity index (χ0n) is 11.2. The molecule has 0 saturated carbocycles. The third-order valence-corrected chi connectivity index (χ3v) is 3.60. The van der Waals surface area contributed by atoms with E-state index in [1.807, 2.05) is 25.1 Å². The molecule has 0 bridgehead atoms. The van der Waals surface area contributed by atoms with Crippen LogP contribution >= 0.6 is 11.8 Å². The molecule has 0 amide bonds. The summed E-state index contributed by atoms with van der Waals surface area (Å²) in [6, 6.07) is 5.91. The van der Waals surface area contributed by atoms with E-state index in [-0.39, 0.29) is 6.04 Å². The Morgan fingerprint density at radius 1 is 1.44 bits per heavy atom. The molecule has 1 atom stereocenters. The number of rotatable bonds is 7. The molecule has 3 nitrogen and oxygen atoms in total. The molecule has 0 aliphatic carbocycles. The first kappa shape index (κ1) is 14.9. The molecule has 0 heterocycles. The standard InChI is InChI=1S/C14H21NO2S/c1-4-7-10(3)15-11-8-6-9-12(18-5-2)13(11)14(16)17/h6,8-10,15H,4-5,7H2,1-3H3,(H,16,17). The quantitative estimate of drug-likeness (QED) is 0.730. The maximum absolute atomic E-state index is 11.4. The first-order chi connectivity index (χ1) is 8.60. The Hall–Kier alpha value is -1.16. The van der Waals surface area contributed by atoms with E-state index in [1.165, 1.54) is 0 Å². The maximum atomic E-state index is 11.4. The predicted octanol–water partition coefficient (Wildman–Crippen LogP) is 4.10. The van der Waals surface area contributed by atoms with Gasteiger partial charge in [0.25, 0.3) is 0 Å². The van der Waals surface area contributed by atoms with Crippen molar-refractivity contribution in [1.82, 2.24) is 0 Å². The minimum Gasteiger partial charge on any atom is -0.478 e. The lowest BCUT2D eigenvalue weighted by Crippen LogP contribution is -2.17. The van der Waals surface area contributed by atoms with Crippen molar-refractivity contribution < 1.29 is 9.90 Å². The average Bonchev–Trinajstić information content (AvgIpc) is 2.29. The summed E-state index contributed by atoms with van der Waals surface area (Å²) in [4.78, 5) is 12.2. The molecule has 0 saturated heterocycles. The molecule has 0 spiro atoms. The van der Waals surface area contributed by atoms with E-state index >= 15 is 0 Å². The van der Waals surface area contributed by atoms with Crippen LogP contribution in [0.2, 0.25) is 0 Å². The molecule has 1 aromatic carbocycles. The normalized spacial score (nSPS) is 12.2. The van der Waals surface area contributed by atoms with Gasteiger partial charge in [0.1, 0.15) is 0 Å². The second kappa shape index (κ2) is 7.31. The smallest absolute Gasteiger partial charge is 0.338 e. The lowest BCUT2D eigenvalue weighted by atomic mass is 10.1. The molecule has 0 fully saturated rings. The number of hydrogen-bond donors (Lipinski definition) is 2. The van der Waals surface area contributed by atoms with Crippen LogP contribution in [-0.4, -0.2) is 22.9 Å². The zero-order valence-corrected chi connectivity index (χ0v) is 12.0. The number of carboxylic acid groups (broad SMARTS) is 1. The van der Waals surface area contributed by atoms with Crippen molar-refractivity contribution in [1.29, 1.82) is 0 Å². The highest BCUT2D eigenvalue weighted by Crippen LogP contribution is 2.29. The SMILES string of the molecule is CCCC(C)Nc1cccc(SCC)c1C(=O)O. The van der Waals surface area contributed by atoms with Crippen molar-refractivity contribution in [3.63, 3.8) is 0 Å². The monoisotopic (exact) mass is 267 g/mol. The van der Waals surface area contributed by atoms with Crippen LogP contribution in [0, 0.1) is 0 Å². The molecule has 2 N–H and O–H groups in total. The van der Waals surface area contributed by atoms with Crippen molar-refractivity contribution in [2.45, 2.75) is 44.6 Å². The van der Waals surface area contributed by atoms with Crippen LogP contribution in [0.5, 0.6) is 0 Å². The van der Waals surface area contributed by atoms with Crippen LogP contribution in [0.3, 0.4) is 0 Å². The van der Waals surface area contributed by atoms with Crippen LogP contribution in [-0.2, 0) is 0 Å². The van der Waals surface area contributed by atoms with E-state index in [9.17, 15) is 9.90 Å². The second-order valence-electron chi connectivity index (χ2n) is 4.25. The van der Waals surface area contributed by atoms with Gasteiger partial charge >= 0.3 is 5.97 Å². The molecule has 1 aromatic rings. The molecule has 100 valence electrons. The van der Waals surface area contributed by atoms with E-state index in [0.29, 0.717) is 5.56 Å². The lowest BCUT2D eigenvalue weighted by molar-refractivity contribution is 0.0694. The first-order valence-electron chi connectivity index (χ1n) is 6.35. The van der Waals surface area contributed by atoms with Gasteiger partial charge in [-0.3, -0.25) is 0 Å². The minimum absolute atomic E-state index is 0.287. The van der Waals surface area contributed by atoms with Crippen LogP contribution in [0.25, 0.3) is 0 Å². The number of hydrogen-bond acceptors (Lipinski definition) is 3. The van der Waals surface area contributed by atoms with Crippen LogP contribution < -0.4 is 5.32 Å². The van der Waals surface area contributed by atoms with Crippen molar-refractivity contribution in [3.8, 4) is 0 Å². The molecular weight excluding hydrogens is 246 g/mol. The Balaban J connectivity index is 3.02. The van der Waals surface area contributed by atoms with Crippen LogP contribution in [0.4, 0.5) is 5.69 Å². The number of nitrogens with one attached hydrogen (secondary N) is 1. The highest BCUT2D eigenvalue weighted by atomic mass is 32.2. The van der Waals surface area contributed by atoms with Crippen molar-refractivity contribution in [3.05, 3.63) is 23.8 Å². The molecule has 18 heavy (non-hydrogen) atoms. The molecule has 1 unspecified atom stereocenters. The van der Waals surface area contributed by atoms with Gasteiger partial charge in [-0.05, 0) is 31.2 Å². The Bertz CT molecular complexity index is 407. The molecule has 0 aliphatic heterocycles. The molecule has 0 aromatic heterocycles. The summed E-state index contributed by atoms with van der Waals surface area (Å²) >= 11 is 1.56. The van der Waals surface area contributed by atoms with E-state index in [0.717, 1.165) is 29.2 Å². The van der Waals surface area contributed by atoms with Gasteiger partial charge in [-0.25, -0.2) is 4.79 Å². The molecular formula is C14H21NO2S. The predicted molar refractivity (Wildman–Crippen MR) is 77.8 cm³/mol. The van der Waals surface area contributed by atoms with E-state index in [4.69, 9.17) is 0 Å². The van der Waals surface area contributed by atoms with E-state index in [2.05, 4.69) is 19.2 Å². The first-order valence-corrected chi connectivity index (χ1v) is 7.34. The zero-order chi connectivity index (χ0) is 13.5. The lowest BCUT2D eigenvalue weighted by Gasteiger charge is -2.17. The van der Waals surface area contributed by atoms with Crippen molar-refractivity contribution in [2.24, 2.45) is 0 Å². The van der Waals surface area contributed by atoms with E-state index < -0.39 is 5.97 Å². The number of aromatic carboxylic acids is 1. The van der Waals surface area contributed by atoms with Gasteiger partial charge in [-0.1, -0.05) is 26.3 Å². The fourth-order valence-electron chi connectivity index (χ4n) is 1.92. The summed E-state index contributed by atoms with van der Waals surface area (Å²) in [6.45, 7) is 6.23. The Morgan fingerprint density at radius 3 is 2.72 bits per heavy atom. The third-order valence-electron chi connectivity index (χ3n) is 2.66. The Kier molecular flexibility index (Phi) is 6.05. The van der Waals surface area contributed by atoms with Gasteiger partial charge in [0, 0.05) is 10.9 Å². The highest BCUT2D eigenvalue weighted by molar-refractivity contribution is 7.99. The molecule has 0 aliphatic rings. The van der Waals surface area contributed by atoms with Gasteiger partial charge in [0.05, 0.1) is 11.3 Å². The summed E-state index contributed by atoms with van der Waals surface area (Å²) in [7, 11) is 0. The molecule has 1 rings (SSSR count). The number of anilines is 1.